The topological polar surface area (TPSA) is 84.5 Å². The van der Waals surface area contributed by atoms with Gasteiger partial charge in [-0.1, -0.05) is 29.3 Å². The van der Waals surface area contributed by atoms with E-state index in [0.29, 0.717) is 22.1 Å². The van der Waals surface area contributed by atoms with Crippen LogP contribution in [0.25, 0.3) is 0 Å². The maximum atomic E-state index is 12.7. The van der Waals surface area contributed by atoms with Crippen LogP contribution in [0.3, 0.4) is 0 Å². The first-order valence-electron chi connectivity index (χ1n) is 10.4. The van der Waals surface area contributed by atoms with Gasteiger partial charge >= 0.3 is 0 Å². The Morgan fingerprint density at radius 2 is 1.52 bits per heavy atom. The summed E-state index contributed by atoms with van der Waals surface area (Å²) in [5.74, 6) is 0.195. The van der Waals surface area contributed by atoms with Crippen LogP contribution in [0.5, 0.6) is 5.75 Å². The number of carbonyl (C=O) groups is 1. The Hall–Kier alpha value is -3.03. The number of halogens is 1. The predicted octanol–water partition coefficient (Wildman–Crippen LogP) is 5.78. The standard InChI is InChI=1S/C25H27ClN2O4S/c1-15-6-11-23(16(2)12-15)28-33(30,31)22-9-7-20(8-10-22)27-25(29)19(5)32-21-13-17(3)24(26)18(4)14-21/h6-14,19,28H,1-5H3,(H,27,29)/t19-/m1/s1. The molecule has 0 aliphatic heterocycles. The lowest BCUT2D eigenvalue weighted by atomic mass is 10.1. The van der Waals surface area contributed by atoms with Crippen molar-refractivity contribution in [3.63, 3.8) is 0 Å². The van der Waals surface area contributed by atoms with Gasteiger partial charge in [0.1, 0.15) is 5.75 Å². The third-order valence-corrected chi connectivity index (χ3v) is 7.13. The Labute approximate surface area is 200 Å². The molecule has 6 nitrogen and oxygen atoms in total. The van der Waals surface area contributed by atoms with Gasteiger partial charge in [0.05, 0.1) is 10.6 Å². The molecule has 8 heteroatoms. The van der Waals surface area contributed by atoms with Crippen molar-refractivity contribution in [2.24, 2.45) is 0 Å². The Bertz CT molecular complexity index is 1270. The SMILES string of the molecule is Cc1ccc(NS(=O)(=O)c2ccc(NC(=O)[C@@H](C)Oc3cc(C)c(Cl)c(C)c3)cc2)c(C)c1. The third-order valence-electron chi connectivity index (χ3n) is 5.15. The van der Waals surface area contributed by atoms with Gasteiger partial charge in [0, 0.05) is 10.7 Å². The molecule has 0 heterocycles. The summed E-state index contributed by atoms with van der Waals surface area (Å²) in [6, 6.07) is 15.0. The highest BCUT2D eigenvalue weighted by atomic mass is 35.5. The van der Waals surface area contributed by atoms with Crippen LogP contribution in [0.2, 0.25) is 5.02 Å². The number of aryl methyl sites for hydroxylation is 4. The number of amides is 1. The van der Waals surface area contributed by atoms with Crippen LogP contribution < -0.4 is 14.8 Å². The molecule has 0 radical (unpaired) electrons. The van der Waals surface area contributed by atoms with Crippen LogP contribution in [-0.2, 0) is 14.8 Å². The highest BCUT2D eigenvalue weighted by molar-refractivity contribution is 7.92. The number of hydrogen-bond donors (Lipinski definition) is 2. The van der Waals surface area contributed by atoms with Crippen molar-refractivity contribution in [1.82, 2.24) is 0 Å². The quantitative estimate of drug-likeness (QED) is 0.443. The van der Waals surface area contributed by atoms with Crippen molar-refractivity contribution in [3.05, 3.63) is 81.9 Å². The van der Waals surface area contributed by atoms with Gasteiger partial charge in [-0.15, -0.1) is 0 Å². The maximum Gasteiger partial charge on any atom is 0.265 e. The summed E-state index contributed by atoms with van der Waals surface area (Å²) in [5, 5.41) is 3.41. The van der Waals surface area contributed by atoms with Gasteiger partial charge in [0.25, 0.3) is 15.9 Å². The summed E-state index contributed by atoms with van der Waals surface area (Å²) in [7, 11) is -3.76. The van der Waals surface area contributed by atoms with Crippen LogP contribution in [-0.4, -0.2) is 20.4 Å². The van der Waals surface area contributed by atoms with Crippen molar-refractivity contribution in [2.45, 2.75) is 45.6 Å². The zero-order valence-electron chi connectivity index (χ0n) is 19.2. The highest BCUT2D eigenvalue weighted by Crippen LogP contribution is 2.27. The number of benzene rings is 3. The minimum atomic E-state index is -3.76. The second-order valence-electron chi connectivity index (χ2n) is 8.07. The largest absolute Gasteiger partial charge is 0.481 e. The second kappa shape index (κ2) is 9.85. The van der Waals surface area contributed by atoms with Crippen LogP contribution in [0.15, 0.2) is 59.5 Å². The van der Waals surface area contributed by atoms with E-state index >= 15 is 0 Å². The van der Waals surface area contributed by atoms with Crippen molar-refractivity contribution in [1.29, 1.82) is 0 Å². The second-order valence-corrected chi connectivity index (χ2v) is 10.1. The van der Waals surface area contributed by atoms with Gasteiger partial charge in [-0.25, -0.2) is 8.42 Å². The van der Waals surface area contributed by atoms with E-state index in [9.17, 15) is 13.2 Å². The first-order chi connectivity index (χ1) is 15.5. The average Bonchev–Trinajstić information content (AvgIpc) is 2.74. The monoisotopic (exact) mass is 486 g/mol. The van der Waals surface area contributed by atoms with Crippen molar-refractivity contribution in [3.8, 4) is 5.75 Å². The summed E-state index contributed by atoms with van der Waals surface area (Å²) in [5.41, 5.74) is 4.61. The van der Waals surface area contributed by atoms with E-state index in [4.69, 9.17) is 16.3 Å². The van der Waals surface area contributed by atoms with Crippen LogP contribution in [0, 0.1) is 27.7 Å². The predicted molar refractivity (Wildman–Crippen MR) is 133 cm³/mol. The molecule has 0 aromatic heterocycles. The van der Waals surface area contributed by atoms with E-state index in [0.717, 1.165) is 22.3 Å². The molecule has 0 aliphatic carbocycles. The Kier molecular flexibility index (Phi) is 7.34. The molecule has 0 saturated heterocycles. The van der Waals surface area contributed by atoms with E-state index in [-0.39, 0.29) is 10.8 Å². The molecule has 3 aromatic rings. The lowest BCUT2D eigenvalue weighted by molar-refractivity contribution is -0.122. The Balaban J connectivity index is 1.66. The number of ether oxygens (including phenoxy) is 1. The molecule has 0 unspecified atom stereocenters. The fourth-order valence-electron chi connectivity index (χ4n) is 3.32. The van der Waals surface area contributed by atoms with Gasteiger partial charge in [-0.05, 0) is 93.8 Å². The van der Waals surface area contributed by atoms with E-state index < -0.39 is 16.1 Å². The van der Waals surface area contributed by atoms with E-state index in [2.05, 4.69) is 10.0 Å². The van der Waals surface area contributed by atoms with Gasteiger partial charge in [-0.2, -0.15) is 0 Å². The summed E-state index contributed by atoms with van der Waals surface area (Å²) >= 11 is 6.18. The molecule has 0 spiro atoms. The van der Waals surface area contributed by atoms with Crippen LogP contribution in [0.1, 0.15) is 29.2 Å². The Morgan fingerprint density at radius 1 is 0.909 bits per heavy atom. The number of rotatable bonds is 7. The minimum absolute atomic E-state index is 0.0943. The van der Waals surface area contributed by atoms with Crippen LogP contribution >= 0.6 is 11.6 Å². The molecule has 1 amide bonds. The molecular formula is C25H27ClN2O4S. The van der Waals surface area contributed by atoms with Crippen molar-refractivity contribution < 1.29 is 17.9 Å². The van der Waals surface area contributed by atoms with Gasteiger partial charge < -0.3 is 10.1 Å². The molecule has 0 fully saturated rings. The number of nitrogens with one attached hydrogen (secondary N) is 2. The minimum Gasteiger partial charge on any atom is -0.481 e. The normalized spacial score (nSPS) is 12.2. The molecule has 2 N–H and O–H groups in total. The smallest absolute Gasteiger partial charge is 0.265 e. The number of sulfonamides is 1. The molecule has 0 saturated carbocycles. The molecular weight excluding hydrogens is 460 g/mol. The molecule has 1 atom stereocenters. The summed E-state index contributed by atoms with van der Waals surface area (Å²) < 4.78 is 33.8. The fourth-order valence-corrected chi connectivity index (χ4v) is 4.56. The molecule has 33 heavy (non-hydrogen) atoms. The molecule has 0 aliphatic rings. The fraction of sp³-hybridized carbons (Fsp3) is 0.240. The van der Waals surface area contributed by atoms with Gasteiger partial charge in [0.2, 0.25) is 0 Å². The zero-order valence-corrected chi connectivity index (χ0v) is 20.8. The van der Waals surface area contributed by atoms with Gasteiger partial charge in [0.15, 0.2) is 6.10 Å². The molecule has 174 valence electrons. The van der Waals surface area contributed by atoms with Gasteiger partial charge in [-0.3, -0.25) is 9.52 Å². The lowest BCUT2D eigenvalue weighted by Crippen LogP contribution is -2.30. The lowest BCUT2D eigenvalue weighted by Gasteiger charge is -2.16. The van der Waals surface area contributed by atoms with Crippen LogP contribution in [0.4, 0.5) is 11.4 Å². The van der Waals surface area contributed by atoms with Crippen molar-refractivity contribution in [2.75, 3.05) is 10.0 Å². The number of hydrogen-bond acceptors (Lipinski definition) is 4. The van der Waals surface area contributed by atoms with Crippen molar-refractivity contribution >= 4 is 38.9 Å². The average molecular weight is 487 g/mol. The number of carbonyl (C=O) groups excluding carboxylic acids is 1. The summed E-state index contributed by atoms with van der Waals surface area (Å²) in [6.07, 6.45) is -0.764. The van der Waals surface area contributed by atoms with E-state index in [1.54, 1.807) is 25.1 Å². The molecule has 3 rings (SSSR count). The first kappa shape index (κ1) is 24.6. The van der Waals surface area contributed by atoms with E-state index in [1.807, 2.05) is 39.8 Å². The third kappa shape index (κ3) is 6.06. The summed E-state index contributed by atoms with van der Waals surface area (Å²) in [4.78, 5) is 12.6. The molecule has 3 aromatic carbocycles. The van der Waals surface area contributed by atoms with E-state index in [1.165, 1.54) is 24.3 Å². The molecule has 0 bridgehead atoms. The maximum absolute atomic E-state index is 12.7. The summed E-state index contributed by atoms with van der Waals surface area (Å²) in [6.45, 7) is 9.18. The highest BCUT2D eigenvalue weighted by Gasteiger charge is 2.18. The zero-order chi connectivity index (χ0) is 24.3. The Morgan fingerprint density at radius 3 is 2.09 bits per heavy atom. The number of anilines is 2. The first-order valence-corrected chi connectivity index (χ1v) is 12.3.